The van der Waals surface area contributed by atoms with Crippen molar-refractivity contribution in [3.05, 3.63) is 67.6 Å². The molecule has 2 aromatic rings. The van der Waals surface area contributed by atoms with Gasteiger partial charge in [0.25, 0.3) is 0 Å². The van der Waals surface area contributed by atoms with Crippen LogP contribution >= 0.6 is 62.3 Å². The molecule has 0 unspecified atom stereocenters. The normalized spacial score (nSPS) is 11.0. The highest BCUT2D eigenvalue weighted by atomic mass is 79.9. The van der Waals surface area contributed by atoms with Crippen LogP contribution in [0.4, 0.5) is 0 Å². The van der Waals surface area contributed by atoms with E-state index in [1.807, 2.05) is 24.3 Å². The molecular formula is C13H7BrCl4. The van der Waals surface area contributed by atoms with E-state index in [0.717, 1.165) is 11.1 Å². The molecule has 2 rings (SSSR count). The molecule has 0 aliphatic carbocycles. The van der Waals surface area contributed by atoms with Crippen LogP contribution in [-0.4, -0.2) is 0 Å². The van der Waals surface area contributed by atoms with E-state index in [1.54, 1.807) is 12.1 Å². The van der Waals surface area contributed by atoms with Crippen LogP contribution in [0.15, 0.2) is 36.4 Å². The minimum absolute atomic E-state index is 0.158. The van der Waals surface area contributed by atoms with E-state index >= 15 is 0 Å². The molecule has 0 fully saturated rings. The van der Waals surface area contributed by atoms with Crippen LogP contribution in [0.1, 0.15) is 16.0 Å². The van der Waals surface area contributed by atoms with Crippen LogP contribution in [0.25, 0.3) is 0 Å². The van der Waals surface area contributed by atoms with Gasteiger partial charge in [-0.1, -0.05) is 86.6 Å². The predicted octanol–water partition coefficient (Wildman–Crippen LogP) is 6.78. The third kappa shape index (κ3) is 2.81. The van der Waals surface area contributed by atoms with Crippen molar-refractivity contribution in [3.63, 3.8) is 0 Å². The van der Waals surface area contributed by atoms with Crippen molar-refractivity contribution in [3.8, 4) is 0 Å². The van der Waals surface area contributed by atoms with Crippen molar-refractivity contribution < 1.29 is 0 Å². The van der Waals surface area contributed by atoms with Crippen LogP contribution < -0.4 is 0 Å². The van der Waals surface area contributed by atoms with Crippen molar-refractivity contribution in [2.75, 3.05) is 0 Å². The minimum atomic E-state index is -0.158. The van der Waals surface area contributed by atoms with Gasteiger partial charge >= 0.3 is 0 Å². The van der Waals surface area contributed by atoms with Gasteiger partial charge in [0.05, 0.1) is 24.9 Å². The highest BCUT2D eigenvalue weighted by Gasteiger charge is 2.18. The molecule has 0 nitrogen and oxygen atoms in total. The Bertz CT molecular complexity index is 532. The Hall–Kier alpha value is 0.0800. The molecule has 0 N–H and O–H groups in total. The summed E-state index contributed by atoms with van der Waals surface area (Å²) in [6.07, 6.45) is 0. The first kappa shape index (κ1) is 14.5. The maximum Gasteiger partial charge on any atom is 0.0674 e. The van der Waals surface area contributed by atoms with Crippen LogP contribution in [-0.2, 0) is 0 Å². The number of alkyl halides is 1. The van der Waals surface area contributed by atoms with E-state index in [-0.39, 0.29) is 4.83 Å². The Morgan fingerprint density at radius 2 is 1.11 bits per heavy atom. The molecule has 5 heteroatoms. The lowest BCUT2D eigenvalue weighted by Gasteiger charge is -2.15. The lowest BCUT2D eigenvalue weighted by Crippen LogP contribution is -1.95. The van der Waals surface area contributed by atoms with E-state index in [9.17, 15) is 0 Å². The summed E-state index contributed by atoms with van der Waals surface area (Å²) >= 11 is 28.0. The van der Waals surface area contributed by atoms with Gasteiger partial charge in [-0.3, -0.25) is 0 Å². The Morgan fingerprint density at radius 1 is 0.722 bits per heavy atom. The fourth-order valence-electron chi connectivity index (χ4n) is 1.60. The summed E-state index contributed by atoms with van der Waals surface area (Å²) in [5, 5.41) is 2.04. The summed E-state index contributed by atoms with van der Waals surface area (Å²) in [5.41, 5.74) is 1.71. The average molecular weight is 385 g/mol. The topological polar surface area (TPSA) is 0 Å². The van der Waals surface area contributed by atoms with Crippen molar-refractivity contribution in [2.24, 2.45) is 0 Å². The third-order valence-corrected chi connectivity index (χ3v) is 5.16. The quantitative estimate of drug-likeness (QED) is 0.500. The largest absolute Gasteiger partial charge is 0.0827 e. The zero-order valence-electron chi connectivity index (χ0n) is 8.93. The van der Waals surface area contributed by atoms with Gasteiger partial charge in [0.1, 0.15) is 0 Å². The van der Waals surface area contributed by atoms with Gasteiger partial charge in [-0.2, -0.15) is 0 Å². The van der Waals surface area contributed by atoms with Crippen LogP contribution in [0.5, 0.6) is 0 Å². The maximum atomic E-state index is 6.19. The monoisotopic (exact) mass is 382 g/mol. The first-order chi connectivity index (χ1) is 8.52. The average Bonchev–Trinajstić information content (AvgIpc) is 2.35. The van der Waals surface area contributed by atoms with Gasteiger partial charge in [-0.05, 0) is 23.3 Å². The Balaban J connectivity index is 2.51. The second-order valence-corrected chi connectivity index (χ2v) is 6.13. The van der Waals surface area contributed by atoms with Crippen molar-refractivity contribution in [1.82, 2.24) is 0 Å². The van der Waals surface area contributed by atoms with Crippen LogP contribution in [0.2, 0.25) is 20.1 Å². The summed E-state index contributed by atoms with van der Waals surface area (Å²) in [6, 6.07) is 11.0. The molecule has 0 aliphatic heterocycles. The Morgan fingerprint density at radius 3 is 1.50 bits per heavy atom. The second-order valence-electron chi connectivity index (χ2n) is 3.65. The highest BCUT2D eigenvalue weighted by Crippen LogP contribution is 2.42. The molecule has 94 valence electrons. The molecule has 0 bridgehead atoms. The lowest BCUT2D eigenvalue weighted by molar-refractivity contribution is 1.18. The standard InChI is InChI=1S/C13H7BrCl4/c14-11(7-3-1-5-9(15)12(7)17)8-4-2-6-10(16)13(8)18/h1-6,11H. The molecule has 0 saturated carbocycles. The fourth-order valence-corrected chi connectivity index (χ4v) is 3.46. The maximum absolute atomic E-state index is 6.19. The van der Waals surface area contributed by atoms with Gasteiger partial charge in [0.2, 0.25) is 0 Å². The van der Waals surface area contributed by atoms with Gasteiger partial charge in [0.15, 0.2) is 0 Å². The summed E-state index contributed by atoms with van der Waals surface area (Å²) < 4.78 is 0. The van der Waals surface area contributed by atoms with E-state index in [4.69, 9.17) is 46.4 Å². The van der Waals surface area contributed by atoms with E-state index in [2.05, 4.69) is 15.9 Å². The molecule has 0 heterocycles. The van der Waals surface area contributed by atoms with E-state index < -0.39 is 0 Å². The highest BCUT2D eigenvalue weighted by molar-refractivity contribution is 9.09. The van der Waals surface area contributed by atoms with Crippen molar-refractivity contribution in [1.29, 1.82) is 0 Å². The summed E-state index contributed by atoms with van der Waals surface area (Å²) in [4.78, 5) is -0.158. The predicted molar refractivity (Wildman–Crippen MR) is 83.7 cm³/mol. The number of hydrogen-bond donors (Lipinski definition) is 0. The molecule has 0 aliphatic rings. The smallest absolute Gasteiger partial charge is 0.0674 e. The molecular weight excluding hydrogens is 378 g/mol. The molecule has 0 saturated heterocycles. The molecule has 0 spiro atoms. The molecule has 0 radical (unpaired) electrons. The number of hydrogen-bond acceptors (Lipinski definition) is 0. The SMILES string of the molecule is Clc1cccc(C(Br)c2cccc(Cl)c2Cl)c1Cl. The number of halogens is 5. The lowest BCUT2D eigenvalue weighted by atomic mass is 10.0. The first-order valence-electron chi connectivity index (χ1n) is 5.04. The summed E-state index contributed by atoms with van der Waals surface area (Å²) in [6.45, 7) is 0. The summed E-state index contributed by atoms with van der Waals surface area (Å²) in [7, 11) is 0. The molecule has 2 aromatic carbocycles. The first-order valence-corrected chi connectivity index (χ1v) is 7.47. The zero-order chi connectivity index (χ0) is 13.3. The zero-order valence-corrected chi connectivity index (χ0v) is 13.5. The van der Waals surface area contributed by atoms with Gasteiger partial charge in [-0.15, -0.1) is 0 Å². The minimum Gasteiger partial charge on any atom is -0.0827 e. The van der Waals surface area contributed by atoms with E-state index in [1.165, 1.54) is 0 Å². The molecule has 18 heavy (non-hydrogen) atoms. The van der Waals surface area contributed by atoms with Crippen molar-refractivity contribution >= 4 is 62.3 Å². The van der Waals surface area contributed by atoms with Gasteiger partial charge in [0, 0.05) is 0 Å². The van der Waals surface area contributed by atoms with Crippen LogP contribution in [0.3, 0.4) is 0 Å². The van der Waals surface area contributed by atoms with Gasteiger partial charge in [-0.25, -0.2) is 0 Å². The molecule has 0 aromatic heterocycles. The van der Waals surface area contributed by atoms with Gasteiger partial charge < -0.3 is 0 Å². The van der Waals surface area contributed by atoms with Crippen molar-refractivity contribution in [2.45, 2.75) is 4.83 Å². The van der Waals surface area contributed by atoms with E-state index in [0.29, 0.717) is 20.1 Å². The fraction of sp³-hybridized carbons (Fsp3) is 0.0769. The third-order valence-electron chi connectivity index (χ3n) is 2.51. The molecule has 0 atom stereocenters. The number of benzene rings is 2. The summed E-state index contributed by atoms with van der Waals surface area (Å²) in [5.74, 6) is 0. The Labute approximate surface area is 134 Å². The van der Waals surface area contributed by atoms with Crippen LogP contribution in [0, 0.1) is 0 Å². The number of rotatable bonds is 2. The molecule has 0 amide bonds. The Kier molecular flexibility index (Phi) is 4.85. The second kappa shape index (κ2) is 6.02.